The van der Waals surface area contributed by atoms with Crippen molar-refractivity contribution in [1.82, 2.24) is 0 Å². The maximum Gasteiger partial charge on any atom is 0.123 e. The van der Waals surface area contributed by atoms with Gasteiger partial charge in [0.15, 0.2) is 0 Å². The van der Waals surface area contributed by atoms with Crippen LogP contribution in [0.25, 0.3) is 0 Å². The number of hydrogen-bond acceptors (Lipinski definition) is 1. The average Bonchev–Trinajstić information content (AvgIpc) is 2.63. The second-order valence-corrected chi connectivity index (χ2v) is 12.7. The van der Waals surface area contributed by atoms with Gasteiger partial charge in [-0.25, -0.2) is 0 Å². The molecular weight excluding hydrogens is 296 g/mol. The van der Waals surface area contributed by atoms with Crippen molar-refractivity contribution in [3.63, 3.8) is 0 Å². The van der Waals surface area contributed by atoms with Crippen molar-refractivity contribution < 1.29 is 4.79 Å². The van der Waals surface area contributed by atoms with Crippen LogP contribution in [-0.2, 0) is 4.79 Å². The Hall–Kier alpha value is -0.893. The first-order valence-corrected chi connectivity index (χ1v) is 12.4. The fourth-order valence-corrected chi connectivity index (χ4v) is 10.7. The lowest BCUT2D eigenvalue weighted by Gasteiger charge is -2.42. The van der Waals surface area contributed by atoms with Crippen LogP contribution in [0, 0.1) is 17.8 Å². The van der Waals surface area contributed by atoms with E-state index in [1.165, 1.54) is 56.5 Å². The van der Waals surface area contributed by atoms with Crippen LogP contribution in [0.2, 0.25) is 18.1 Å². The van der Waals surface area contributed by atoms with Gasteiger partial charge >= 0.3 is 0 Å². The molecule has 1 aliphatic carbocycles. The average molecular weight is 329 g/mol. The Morgan fingerprint density at radius 2 is 1.57 bits per heavy atom. The number of carbonyl (C=O) groups is 1. The van der Waals surface area contributed by atoms with E-state index in [1.807, 2.05) is 0 Å². The molecule has 0 bridgehead atoms. The van der Waals surface area contributed by atoms with Crippen molar-refractivity contribution in [2.24, 2.45) is 17.8 Å². The lowest BCUT2D eigenvalue weighted by atomic mass is 9.74. The molecule has 3 rings (SSSR count). The molecule has 0 aromatic heterocycles. The summed E-state index contributed by atoms with van der Waals surface area (Å²) in [5, 5.41) is 1.71. The summed E-state index contributed by atoms with van der Waals surface area (Å²) in [6.45, 7) is 2.37. The maximum atomic E-state index is 11.0. The van der Waals surface area contributed by atoms with Crippen LogP contribution < -0.4 is 5.19 Å². The van der Waals surface area contributed by atoms with Crippen LogP contribution in [0.15, 0.2) is 30.3 Å². The molecule has 1 saturated heterocycles. The molecule has 0 spiro atoms. The highest BCUT2D eigenvalue weighted by molar-refractivity contribution is 6.92. The Balaban J connectivity index is 1.63. The van der Waals surface area contributed by atoms with Gasteiger partial charge in [0.25, 0.3) is 0 Å². The van der Waals surface area contributed by atoms with Crippen LogP contribution in [-0.4, -0.2) is 14.4 Å². The van der Waals surface area contributed by atoms with Gasteiger partial charge in [0.1, 0.15) is 6.29 Å². The van der Waals surface area contributed by atoms with E-state index in [0.717, 1.165) is 24.7 Å². The molecule has 0 N–H and O–H groups in total. The minimum Gasteiger partial charge on any atom is -0.303 e. The fourth-order valence-electron chi connectivity index (χ4n) is 5.37. The number of aldehydes is 1. The van der Waals surface area contributed by atoms with Gasteiger partial charge in [-0.2, -0.15) is 0 Å². The van der Waals surface area contributed by atoms with Gasteiger partial charge in [-0.15, -0.1) is 0 Å². The quantitative estimate of drug-likeness (QED) is 0.538. The van der Waals surface area contributed by atoms with E-state index in [-0.39, 0.29) is 0 Å². The molecule has 1 aromatic rings. The zero-order chi connectivity index (χ0) is 16.1. The summed E-state index contributed by atoms with van der Waals surface area (Å²) in [4.78, 5) is 11.0. The van der Waals surface area contributed by atoms with Gasteiger partial charge in [0.05, 0.1) is 8.07 Å². The van der Waals surface area contributed by atoms with Gasteiger partial charge < -0.3 is 4.79 Å². The summed E-state index contributed by atoms with van der Waals surface area (Å²) in [5.74, 6) is 2.23. The molecule has 0 amide bonds. The van der Waals surface area contributed by atoms with E-state index in [1.54, 1.807) is 5.19 Å². The van der Waals surface area contributed by atoms with Gasteiger partial charge in [0.2, 0.25) is 0 Å². The van der Waals surface area contributed by atoms with E-state index < -0.39 is 8.07 Å². The molecule has 0 atom stereocenters. The number of carbonyl (C=O) groups excluding carboxylic acids is 1. The van der Waals surface area contributed by atoms with Crippen LogP contribution in [0.5, 0.6) is 0 Å². The first kappa shape index (κ1) is 16.9. The van der Waals surface area contributed by atoms with Crippen molar-refractivity contribution in [2.45, 2.75) is 70.0 Å². The highest BCUT2D eigenvalue weighted by Crippen LogP contribution is 2.43. The number of rotatable bonds is 5. The van der Waals surface area contributed by atoms with Crippen LogP contribution in [0.3, 0.4) is 0 Å². The molecule has 23 heavy (non-hydrogen) atoms. The van der Waals surface area contributed by atoms with Gasteiger partial charge in [-0.05, 0) is 37.5 Å². The summed E-state index contributed by atoms with van der Waals surface area (Å²) in [6.07, 6.45) is 10.4. The molecular formula is C21H32OSi. The molecule has 0 radical (unpaired) electrons. The standard InChI is InChI=1S/C21H32OSi/c1-2-14-23(21-6-4-3-5-7-21)15-12-20(13-16-23)19-10-8-18(17-22)9-11-19/h3-7,17-20H,2,8-16H2,1H3. The molecule has 1 aliphatic heterocycles. The highest BCUT2D eigenvalue weighted by atomic mass is 28.3. The fraction of sp³-hybridized carbons (Fsp3) is 0.667. The molecule has 1 nitrogen and oxygen atoms in total. The van der Waals surface area contributed by atoms with Crippen molar-refractivity contribution in [3.05, 3.63) is 30.3 Å². The predicted molar refractivity (Wildman–Crippen MR) is 101 cm³/mol. The summed E-state index contributed by atoms with van der Waals surface area (Å²) in [7, 11) is -1.24. The van der Waals surface area contributed by atoms with Crippen molar-refractivity contribution in [1.29, 1.82) is 0 Å². The Bertz CT molecular complexity index is 482. The van der Waals surface area contributed by atoms with Crippen molar-refractivity contribution >= 4 is 19.5 Å². The van der Waals surface area contributed by atoms with E-state index in [9.17, 15) is 4.79 Å². The molecule has 2 heteroatoms. The Labute approximate surface area is 142 Å². The van der Waals surface area contributed by atoms with Crippen molar-refractivity contribution in [2.75, 3.05) is 0 Å². The van der Waals surface area contributed by atoms with E-state index >= 15 is 0 Å². The van der Waals surface area contributed by atoms with Crippen LogP contribution in [0.4, 0.5) is 0 Å². The Morgan fingerprint density at radius 3 is 2.13 bits per heavy atom. The lowest BCUT2D eigenvalue weighted by Crippen LogP contribution is -2.50. The SMILES string of the molecule is CCC[Si]1(c2ccccc2)CCC(C2CCC(C=O)CC2)CC1. The second kappa shape index (κ2) is 7.79. The zero-order valence-corrected chi connectivity index (χ0v) is 15.7. The molecule has 1 saturated carbocycles. The molecule has 2 fully saturated rings. The Kier molecular flexibility index (Phi) is 5.74. The van der Waals surface area contributed by atoms with Crippen LogP contribution >= 0.6 is 0 Å². The molecule has 1 heterocycles. The van der Waals surface area contributed by atoms with E-state index in [0.29, 0.717) is 5.92 Å². The molecule has 126 valence electrons. The summed E-state index contributed by atoms with van der Waals surface area (Å²) >= 11 is 0. The lowest BCUT2D eigenvalue weighted by molar-refractivity contribution is -0.112. The third-order valence-electron chi connectivity index (χ3n) is 6.78. The van der Waals surface area contributed by atoms with Gasteiger partial charge in [0, 0.05) is 5.92 Å². The Morgan fingerprint density at radius 1 is 0.957 bits per heavy atom. The monoisotopic (exact) mass is 328 g/mol. The minimum atomic E-state index is -1.24. The molecule has 0 unspecified atom stereocenters. The highest BCUT2D eigenvalue weighted by Gasteiger charge is 2.40. The first-order valence-electron chi connectivity index (χ1n) is 9.78. The van der Waals surface area contributed by atoms with E-state index in [2.05, 4.69) is 37.3 Å². The molecule has 1 aromatic carbocycles. The topological polar surface area (TPSA) is 17.1 Å². The number of benzene rings is 1. The van der Waals surface area contributed by atoms with Gasteiger partial charge in [-0.1, -0.05) is 79.8 Å². The largest absolute Gasteiger partial charge is 0.303 e. The molecule has 2 aliphatic rings. The summed E-state index contributed by atoms with van der Waals surface area (Å²) in [5.41, 5.74) is 0. The third kappa shape index (κ3) is 3.79. The minimum absolute atomic E-state index is 0.368. The predicted octanol–water partition coefficient (Wildman–Crippen LogP) is 5.17. The first-order chi connectivity index (χ1) is 11.3. The summed E-state index contributed by atoms with van der Waals surface area (Å²) in [6, 6.07) is 16.0. The number of hydrogen-bond donors (Lipinski definition) is 0. The maximum absolute atomic E-state index is 11.0. The zero-order valence-electron chi connectivity index (χ0n) is 14.7. The summed E-state index contributed by atoms with van der Waals surface area (Å²) < 4.78 is 0. The van der Waals surface area contributed by atoms with Gasteiger partial charge in [-0.3, -0.25) is 0 Å². The normalized spacial score (nSPS) is 34.9. The smallest absolute Gasteiger partial charge is 0.123 e. The van der Waals surface area contributed by atoms with Crippen LogP contribution in [0.1, 0.15) is 51.9 Å². The van der Waals surface area contributed by atoms with E-state index in [4.69, 9.17) is 0 Å². The third-order valence-corrected chi connectivity index (χ3v) is 12.3. The van der Waals surface area contributed by atoms with Crippen molar-refractivity contribution in [3.8, 4) is 0 Å². The second-order valence-electron chi connectivity index (χ2n) is 8.04.